The molecule has 2 aliphatic rings. The maximum Gasteiger partial charge on any atom is 0.173 e. The lowest BCUT2D eigenvalue weighted by Crippen LogP contribution is -2.43. The second-order valence-corrected chi connectivity index (χ2v) is 4.20. The van der Waals surface area contributed by atoms with E-state index in [2.05, 4.69) is 0 Å². The smallest absolute Gasteiger partial charge is 0.173 e. The highest BCUT2D eigenvalue weighted by Crippen LogP contribution is 2.44. The van der Waals surface area contributed by atoms with Crippen molar-refractivity contribution in [3.8, 4) is 0 Å². The fourth-order valence-electron chi connectivity index (χ4n) is 2.17. The van der Waals surface area contributed by atoms with Gasteiger partial charge in [-0.15, -0.1) is 0 Å². The number of ether oxygens (including phenoxy) is 2. The Morgan fingerprint density at radius 3 is 2.67 bits per heavy atom. The first-order valence-electron chi connectivity index (χ1n) is 4.33. The van der Waals surface area contributed by atoms with E-state index in [0.717, 1.165) is 0 Å². The van der Waals surface area contributed by atoms with Crippen molar-refractivity contribution in [2.45, 2.75) is 51.1 Å². The highest BCUT2D eigenvalue weighted by molar-refractivity contribution is 5.81. The Morgan fingerprint density at radius 2 is 2.08 bits per heavy atom. The topological polar surface area (TPSA) is 35.5 Å². The number of carbonyl (C=O) groups is 1. The lowest BCUT2D eigenvalue weighted by molar-refractivity contribution is -0.196. The molecule has 0 aromatic rings. The van der Waals surface area contributed by atoms with E-state index in [1.165, 1.54) is 0 Å². The molecule has 0 spiro atoms. The quantitative estimate of drug-likeness (QED) is 0.549. The van der Waals surface area contributed by atoms with Crippen LogP contribution in [0.4, 0.5) is 0 Å². The van der Waals surface area contributed by atoms with Gasteiger partial charge in [0.05, 0.1) is 12.5 Å². The summed E-state index contributed by atoms with van der Waals surface area (Å²) in [6.07, 6.45) is 0.908. The molecule has 3 heteroatoms. The van der Waals surface area contributed by atoms with Crippen LogP contribution in [0.15, 0.2) is 0 Å². The summed E-state index contributed by atoms with van der Waals surface area (Å²) in [6, 6.07) is 0. The van der Waals surface area contributed by atoms with E-state index in [0.29, 0.717) is 12.8 Å². The van der Waals surface area contributed by atoms with E-state index in [-0.39, 0.29) is 17.5 Å². The number of hydrogen-bond acceptors (Lipinski definition) is 3. The van der Waals surface area contributed by atoms with Gasteiger partial charge in [0, 0.05) is 6.42 Å². The van der Waals surface area contributed by atoms with Gasteiger partial charge in [0.15, 0.2) is 5.79 Å². The standard InChI is InChI=1S/C9H14O3/c1-6-8(2)4-7(10)5-9(3,11-6)12-8/h6H,4-5H2,1-3H3. The minimum atomic E-state index is -0.649. The van der Waals surface area contributed by atoms with Crippen molar-refractivity contribution in [2.24, 2.45) is 0 Å². The summed E-state index contributed by atoms with van der Waals surface area (Å²) in [5.74, 6) is -0.403. The molecule has 2 bridgehead atoms. The summed E-state index contributed by atoms with van der Waals surface area (Å²) in [5.41, 5.74) is -0.385. The predicted octanol–water partition coefficient (Wildman–Crippen LogP) is 1.26. The summed E-state index contributed by atoms with van der Waals surface area (Å²) >= 11 is 0. The second kappa shape index (κ2) is 2.09. The van der Waals surface area contributed by atoms with Crippen LogP contribution in [0.25, 0.3) is 0 Å². The summed E-state index contributed by atoms with van der Waals surface area (Å²) in [5, 5.41) is 0. The van der Waals surface area contributed by atoms with Crippen molar-refractivity contribution in [3.05, 3.63) is 0 Å². The second-order valence-electron chi connectivity index (χ2n) is 4.20. The molecule has 0 radical (unpaired) electrons. The molecule has 0 amide bonds. The van der Waals surface area contributed by atoms with E-state index in [1.807, 2.05) is 20.8 Å². The first kappa shape index (κ1) is 8.20. The molecular weight excluding hydrogens is 156 g/mol. The van der Waals surface area contributed by atoms with Crippen LogP contribution in [0.3, 0.4) is 0 Å². The molecule has 0 aliphatic carbocycles. The molecule has 0 aromatic heterocycles. The molecule has 3 nitrogen and oxygen atoms in total. The van der Waals surface area contributed by atoms with Gasteiger partial charge in [0.2, 0.25) is 0 Å². The normalized spacial score (nSPS) is 52.9. The molecule has 3 unspecified atom stereocenters. The summed E-state index contributed by atoms with van der Waals surface area (Å²) in [6.45, 7) is 5.75. The first-order valence-corrected chi connectivity index (χ1v) is 4.33. The van der Waals surface area contributed by atoms with Gasteiger partial charge in [-0.2, -0.15) is 0 Å². The van der Waals surface area contributed by atoms with Gasteiger partial charge in [0.25, 0.3) is 0 Å². The zero-order valence-electron chi connectivity index (χ0n) is 7.72. The van der Waals surface area contributed by atoms with Crippen LogP contribution in [0.2, 0.25) is 0 Å². The Balaban J connectivity index is 2.33. The predicted molar refractivity (Wildman–Crippen MR) is 42.7 cm³/mol. The number of rotatable bonds is 0. The van der Waals surface area contributed by atoms with Crippen molar-refractivity contribution in [3.63, 3.8) is 0 Å². The monoisotopic (exact) mass is 170 g/mol. The number of Topliss-reactive ketones (excluding diaryl/α,β-unsaturated/α-hetero) is 1. The molecule has 3 atom stereocenters. The fourth-order valence-corrected chi connectivity index (χ4v) is 2.17. The lowest BCUT2D eigenvalue weighted by atomic mass is 9.90. The number of fused-ring (bicyclic) bond motifs is 2. The lowest BCUT2D eigenvalue weighted by Gasteiger charge is -2.32. The zero-order valence-corrected chi connectivity index (χ0v) is 7.72. The van der Waals surface area contributed by atoms with Gasteiger partial charge in [-0.3, -0.25) is 4.79 Å². The maximum atomic E-state index is 11.3. The van der Waals surface area contributed by atoms with E-state index in [1.54, 1.807) is 0 Å². The Labute approximate surface area is 72.0 Å². The summed E-state index contributed by atoms with van der Waals surface area (Å²) in [7, 11) is 0. The maximum absolute atomic E-state index is 11.3. The average Bonchev–Trinajstić information content (AvgIpc) is 1.96. The van der Waals surface area contributed by atoms with Crippen LogP contribution in [0, 0.1) is 0 Å². The Morgan fingerprint density at radius 1 is 1.42 bits per heavy atom. The molecule has 2 saturated heterocycles. The van der Waals surface area contributed by atoms with Crippen LogP contribution in [0.1, 0.15) is 33.6 Å². The Bertz CT molecular complexity index is 238. The first-order chi connectivity index (χ1) is 5.44. The molecule has 12 heavy (non-hydrogen) atoms. The third-order valence-electron chi connectivity index (χ3n) is 2.80. The fraction of sp³-hybridized carbons (Fsp3) is 0.889. The van der Waals surface area contributed by atoms with E-state index < -0.39 is 5.79 Å². The van der Waals surface area contributed by atoms with Crippen molar-refractivity contribution in [2.75, 3.05) is 0 Å². The molecule has 68 valence electrons. The van der Waals surface area contributed by atoms with Crippen LogP contribution in [-0.4, -0.2) is 23.3 Å². The van der Waals surface area contributed by atoms with Crippen LogP contribution in [0.5, 0.6) is 0 Å². The number of hydrogen-bond donors (Lipinski definition) is 0. The zero-order chi connectivity index (χ0) is 8.98. The van der Waals surface area contributed by atoms with Crippen molar-refractivity contribution < 1.29 is 14.3 Å². The van der Waals surface area contributed by atoms with Crippen LogP contribution >= 0.6 is 0 Å². The number of carbonyl (C=O) groups excluding carboxylic acids is 1. The minimum absolute atomic E-state index is 0.0222. The molecule has 0 N–H and O–H groups in total. The summed E-state index contributed by atoms with van der Waals surface area (Å²) in [4.78, 5) is 11.3. The molecule has 0 saturated carbocycles. The molecule has 2 heterocycles. The van der Waals surface area contributed by atoms with Crippen molar-refractivity contribution in [1.82, 2.24) is 0 Å². The third-order valence-corrected chi connectivity index (χ3v) is 2.80. The Kier molecular flexibility index (Phi) is 1.43. The van der Waals surface area contributed by atoms with Gasteiger partial charge < -0.3 is 9.47 Å². The van der Waals surface area contributed by atoms with E-state index in [4.69, 9.17) is 9.47 Å². The van der Waals surface area contributed by atoms with E-state index >= 15 is 0 Å². The highest BCUT2D eigenvalue weighted by Gasteiger charge is 2.55. The molecular formula is C9H14O3. The van der Waals surface area contributed by atoms with E-state index in [9.17, 15) is 4.79 Å². The highest BCUT2D eigenvalue weighted by atomic mass is 16.8. The van der Waals surface area contributed by atoms with Gasteiger partial charge in [-0.05, 0) is 20.8 Å². The largest absolute Gasteiger partial charge is 0.344 e. The van der Waals surface area contributed by atoms with Gasteiger partial charge in [0.1, 0.15) is 11.4 Å². The number of ketones is 1. The SMILES string of the molecule is CC1OC2(C)CC(=O)CC1(C)O2. The summed E-state index contributed by atoms with van der Waals surface area (Å²) < 4.78 is 11.3. The van der Waals surface area contributed by atoms with Gasteiger partial charge in [-0.25, -0.2) is 0 Å². The van der Waals surface area contributed by atoms with Crippen molar-refractivity contribution in [1.29, 1.82) is 0 Å². The van der Waals surface area contributed by atoms with Crippen molar-refractivity contribution >= 4 is 5.78 Å². The average molecular weight is 170 g/mol. The third kappa shape index (κ3) is 1.00. The van der Waals surface area contributed by atoms with Gasteiger partial charge in [-0.1, -0.05) is 0 Å². The molecule has 2 aliphatic heterocycles. The van der Waals surface area contributed by atoms with Crippen LogP contribution < -0.4 is 0 Å². The molecule has 0 aromatic carbocycles. The molecule has 2 rings (SSSR count). The van der Waals surface area contributed by atoms with Gasteiger partial charge >= 0.3 is 0 Å². The Hall–Kier alpha value is -0.410. The minimum Gasteiger partial charge on any atom is -0.344 e. The van der Waals surface area contributed by atoms with Crippen LogP contribution in [-0.2, 0) is 14.3 Å². The molecule has 2 fully saturated rings.